The van der Waals surface area contributed by atoms with Gasteiger partial charge in [0, 0.05) is 37.3 Å². The van der Waals surface area contributed by atoms with Gasteiger partial charge in [0.2, 0.25) is 11.8 Å². The molecular formula is C25H26FN5O3. The number of halogens is 1. The quantitative estimate of drug-likeness (QED) is 0.558. The molecule has 0 aliphatic carbocycles. The molecule has 3 atom stereocenters. The zero-order valence-corrected chi connectivity index (χ0v) is 18.8. The number of hydrogen-bond acceptors (Lipinski definition) is 5. The fourth-order valence-corrected chi connectivity index (χ4v) is 4.62. The Labute approximate surface area is 196 Å². The molecule has 2 aliphatic heterocycles. The molecule has 176 valence electrons. The average molecular weight is 464 g/mol. The molecule has 0 saturated carbocycles. The second kappa shape index (κ2) is 9.26. The smallest absolute Gasteiger partial charge is 0.246 e. The van der Waals surface area contributed by atoms with Gasteiger partial charge in [-0.05, 0) is 36.2 Å². The van der Waals surface area contributed by atoms with Crippen molar-refractivity contribution < 1.29 is 18.7 Å². The molecule has 5 rings (SSSR count). The highest BCUT2D eigenvalue weighted by atomic mass is 19.1. The zero-order chi connectivity index (χ0) is 23.7. The van der Waals surface area contributed by atoms with Crippen molar-refractivity contribution in [1.82, 2.24) is 25.3 Å². The van der Waals surface area contributed by atoms with Crippen molar-refractivity contribution in [3.05, 3.63) is 77.9 Å². The number of hydrogen-bond donors (Lipinski definition) is 2. The normalized spacial score (nSPS) is 21.9. The number of fused-ring (bicyclic) bond motifs is 1. The summed E-state index contributed by atoms with van der Waals surface area (Å²) in [5, 5.41) is 10.6. The molecule has 1 aromatic heterocycles. The van der Waals surface area contributed by atoms with Gasteiger partial charge in [0.15, 0.2) is 0 Å². The van der Waals surface area contributed by atoms with E-state index in [4.69, 9.17) is 4.74 Å². The SMILES string of the molecule is COc1ccc(C[C@@H]2NC(=O)[C@@H]3C[C@H](NCc4cnn(-c5ccccc5F)c4)CN3C2=O)cc1. The highest BCUT2D eigenvalue weighted by Gasteiger charge is 2.46. The number of benzene rings is 2. The summed E-state index contributed by atoms with van der Waals surface area (Å²) in [6.07, 6.45) is 4.44. The molecule has 8 nitrogen and oxygen atoms in total. The highest BCUT2D eigenvalue weighted by Crippen LogP contribution is 2.25. The minimum Gasteiger partial charge on any atom is -0.497 e. The van der Waals surface area contributed by atoms with Crippen molar-refractivity contribution in [2.45, 2.75) is 37.5 Å². The molecule has 0 spiro atoms. The first-order chi connectivity index (χ1) is 16.5. The van der Waals surface area contributed by atoms with Crippen LogP contribution in [0, 0.1) is 5.82 Å². The minimum absolute atomic E-state index is 0.0174. The van der Waals surface area contributed by atoms with E-state index in [0.717, 1.165) is 16.9 Å². The largest absolute Gasteiger partial charge is 0.497 e. The lowest BCUT2D eigenvalue weighted by Gasteiger charge is -2.34. The molecule has 9 heteroatoms. The van der Waals surface area contributed by atoms with Crippen LogP contribution in [0.4, 0.5) is 4.39 Å². The number of piperazine rings is 1. The summed E-state index contributed by atoms with van der Waals surface area (Å²) in [6.45, 7) is 0.974. The van der Waals surface area contributed by atoms with Gasteiger partial charge in [-0.1, -0.05) is 24.3 Å². The van der Waals surface area contributed by atoms with Gasteiger partial charge in [-0.25, -0.2) is 9.07 Å². The van der Waals surface area contributed by atoms with Gasteiger partial charge in [-0.2, -0.15) is 5.10 Å². The van der Waals surface area contributed by atoms with Crippen LogP contribution in [0.1, 0.15) is 17.5 Å². The van der Waals surface area contributed by atoms with Gasteiger partial charge in [0.05, 0.1) is 13.3 Å². The Kier molecular flexibility index (Phi) is 6.02. The average Bonchev–Trinajstić information content (AvgIpc) is 3.50. The number of nitrogens with zero attached hydrogens (tertiary/aromatic N) is 3. The summed E-state index contributed by atoms with van der Waals surface area (Å²) in [7, 11) is 1.60. The third-order valence-corrected chi connectivity index (χ3v) is 6.43. The first-order valence-electron chi connectivity index (χ1n) is 11.3. The molecule has 2 saturated heterocycles. The first-order valence-corrected chi connectivity index (χ1v) is 11.3. The van der Waals surface area contributed by atoms with E-state index in [-0.39, 0.29) is 23.7 Å². The summed E-state index contributed by atoms with van der Waals surface area (Å²) in [5.74, 6) is 0.231. The molecule has 3 aromatic rings. The lowest BCUT2D eigenvalue weighted by Crippen LogP contribution is -2.61. The molecule has 2 amide bonds. The van der Waals surface area contributed by atoms with Crippen molar-refractivity contribution in [1.29, 1.82) is 0 Å². The summed E-state index contributed by atoms with van der Waals surface area (Å²) in [4.78, 5) is 27.5. The number of rotatable bonds is 7. The van der Waals surface area contributed by atoms with Crippen LogP contribution in [0.5, 0.6) is 5.75 Å². The Morgan fingerprint density at radius 3 is 2.71 bits per heavy atom. The maximum Gasteiger partial charge on any atom is 0.246 e. The van der Waals surface area contributed by atoms with Crippen molar-refractivity contribution in [2.75, 3.05) is 13.7 Å². The number of aromatic nitrogens is 2. The Balaban J connectivity index is 1.19. The zero-order valence-electron chi connectivity index (χ0n) is 18.8. The maximum absolute atomic E-state index is 14.0. The van der Waals surface area contributed by atoms with Gasteiger partial charge < -0.3 is 20.3 Å². The number of ether oxygens (including phenoxy) is 1. The Morgan fingerprint density at radius 2 is 1.94 bits per heavy atom. The van der Waals surface area contributed by atoms with E-state index in [9.17, 15) is 14.0 Å². The summed E-state index contributed by atoms with van der Waals surface area (Å²) in [5.41, 5.74) is 2.23. The van der Waals surface area contributed by atoms with E-state index < -0.39 is 12.1 Å². The summed E-state index contributed by atoms with van der Waals surface area (Å²) >= 11 is 0. The number of nitrogens with one attached hydrogen (secondary N) is 2. The fraction of sp³-hybridized carbons (Fsp3) is 0.320. The molecule has 2 fully saturated rings. The second-order valence-electron chi connectivity index (χ2n) is 8.68. The van der Waals surface area contributed by atoms with Crippen LogP contribution in [0.3, 0.4) is 0 Å². The predicted molar refractivity (Wildman–Crippen MR) is 123 cm³/mol. The highest BCUT2D eigenvalue weighted by molar-refractivity contribution is 5.97. The van der Waals surface area contributed by atoms with E-state index >= 15 is 0 Å². The predicted octanol–water partition coefficient (Wildman–Crippen LogP) is 1.82. The first kappa shape index (κ1) is 22.1. The van der Waals surface area contributed by atoms with Crippen LogP contribution in [-0.4, -0.2) is 58.3 Å². The minimum atomic E-state index is -0.574. The van der Waals surface area contributed by atoms with Crippen LogP contribution in [0.15, 0.2) is 60.9 Å². The Bertz CT molecular complexity index is 1200. The molecule has 0 radical (unpaired) electrons. The lowest BCUT2D eigenvalue weighted by molar-refractivity contribution is -0.147. The van der Waals surface area contributed by atoms with Crippen LogP contribution in [0.2, 0.25) is 0 Å². The van der Waals surface area contributed by atoms with Gasteiger partial charge >= 0.3 is 0 Å². The molecular weight excluding hydrogens is 437 g/mol. The number of amides is 2. The lowest BCUT2D eigenvalue weighted by atomic mass is 10.0. The van der Waals surface area contributed by atoms with E-state index in [1.807, 2.05) is 24.3 Å². The maximum atomic E-state index is 14.0. The summed E-state index contributed by atoms with van der Waals surface area (Å²) in [6, 6.07) is 12.9. The topological polar surface area (TPSA) is 88.5 Å². The van der Waals surface area contributed by atoms with E-state index in [2.05, 4.69) is 15.7 Å². The van der Waals surface area contributed by atoms with Crippen LogP contribution in [0.25, 0.3) is 5.69 Å². The van der Waals surface area contributed by atoms with E-state index in [0.29, 0.717) is 31.6 Å². The number of methoxy groups -OCH3 is 1. The van der Waals surface area contributed by atoms with Crippen molar-refractivity contribution in [3.63, 3.8) is 0 Å². The molecule has 3 heterocycles. The summed E-state index contributed by atoms with van der Waals surface area (Å²) < 4.78 is 20.7. The van der Waals surface area contributed by atoms with E-state index in [1.165, 1.54) is 10.7 Å². The molecule has 2 N–H and O–H groups in total. The standard InChI is InChI=1S/C25H26FN5O3/c1-34-19-8-6-16(7-9-19)10-21-25(33)30-15-18(11-23(30)24(32)29-21)27-12-17-13-28-31(14-17)22-5-3-2-4-20(22)26/h2-9,13-14,18,21,23,27H,10-12,15H2,1H3,(H,29,32)/t18-,21-,23-/m0/s1. The van der Waals surface area contributed by atoms with Gasteiger partial charge in [-0.15, -0.1) is 0 Å². The van der Waals surface area contributed by atoms with Crippen LogP contribution >= 0.6 is 0 Å². The molecule has 2 aromatic carbocycles. The van der Waals surface area contributed by atoms with Crippen molar-refractivity contribution >= 4 is 11.8 Å². The van der Waals surface area contributed by atoms with Crippen LogP contribution < -0.4 is 15.4 Å². The molecule has 2 aliphatic rings. The number of carbonyl (C=O) groups excluding carboxylic acids is 2. The third-order valence-electron chi connectivity index (χ3n) is 6.43. The van der Waals surface area contributed by atoms with Gasteiger partial charge in [-0.3, -0.25) is 9.59 Å². The fourth-order valence-electron chi connectivity index (χ4n) is 4.62. The number of carbonyl (C=O) groups is 2. The monoisotopic (exact) mass is 463 g/mol. The van der Waals surface area contributed by atoms with Crippen molar-refractivity contribution in [3.8, 4) is 11.4 Å². The molecule has 0 unspecified atom stereocenters. The van der Waals surface area contributed by atoms with Gasteiger partial charge in [0.25, 0.3) is 0 Å². The van der Waals surface area contributed by atoms with Crippen LogP contribution in [-0.2, 0) is 22.6 Å². The molecule has 0 bridgehead atoms. The second-order valence-corrected chi connectivity index (χ2v) is 8.68. The van der Waals surface area contributed by atoms with Gasteiger partial charge in [0.1, 0.15) is 29.3 Å². The van der Waals surface area contributed by atoms with Crippen molar-refractivity contribution in [2.24, 2.45) is 0 Å². The third kappa shape index (κ3) is 4.38. The molecule has 34 heavy (non-hydrogen) atoms. The number of para-hydroxylation sites is 1. The van der Waals surface area contributed by atoms with E-state index in [1.54, 1.807) is 42.6 Å². The Hall–Kier alpha value is -3.72. The Morgan fingerprint density at radius 1 is 1.15 bits per heavy atom.